The minimum absolute atomic E-state index is 0.237. The Morgan fingerprint density at radius 1 is 0.846 bits per heavy atom. The Hall–Kier alpha value is -3.33. The Labute approximate surface area is 154 Å². The van der Waals surface area contributed by atoms with Crippen LogP contribution < -0.4 is 4.90 Å². The van der Waals surface area contributed by atoms with Gasteiger partial charge in [-0.05, 0) is 22.8 Å². The van der Waals surface area contributed by atoms with Crippen molar-refractivity contribution in [3.05, 3.63) is 108 Å². The highest BCUT2D eigenvalue weighted by atomic mass is 16.6. The van der Waals surface area contributed by atoms with Gasteiger partial charge >= 0.3 is 6.09 Å². The molecule has 0 saturated carbocycles. The lowest BCUT2D eigenvalue weighted by Crippen LogP contribution is -2.31. The molecule has 0 unspecified atom stereocenters. The van der Waals surface area contributed by atoms with E-state index in [9.17, 15) is 4.79 Å². The third kappa shape index (κ3) is 4.39. The van der Waals surface area contributed by atoms with Crippen LogP contribution in [0.3, 0.4) is 0 Å². The van der Waals surface area contributed by atoms with Crippen LogP contribution in [0, 0.1) is 0 Å². The fourth-order valence-corrected chi connectivity index (χ4v) is 2.72. The van der Waals surface area contributed by atoms with Crippen LogP contribution in [-0.2, 0) is 17.9 Å². The summed E-state index contributed by atoms with van der Waals surface area (Å²) in [6.07, 6.45) is 1.37. The smallest absolute Gasteiger partial charge is 0.414 e. The predicted octanol–water partition coefficient (Wildman–Crippen LogP) is 5.67. The summed E-state index contributed by atoms with van der Waals surface area (Å²) in [7, 11) is 0. The van der Waals surface area contributed by atoms with Crippen LogP contribution in [0.1, 0.15) is 16.7 Å². The van der Waals surface area contributed by atoms with E-state index < -0.39 is 0 Å². The van der Waals surface area contributed by atoms with Gasteiger partial charge in [0.15, 0.2) is 0 Å². The number of benzene rings is 3. The van der Waals surface area contributed by atoms with Crippen molar-refractivity contribution >= 4 is 17.9 Å². The highest BCUT2D eigenvalue weighted by Gasteiger charge is 2.19. The number of carbonyl (C=O) groups is 1. The molecule has 1 amide bonds. The van der Waals surface area contributed by atoms with Crippen LogP contribution in [0.2, 0.25) is 0 Å². The maximum absolute atomic E-state index is 12.9. The number of amides is 1. The van der Waals surface area contributed by atoms with Crippen molar-refractivity contribution in [3.63, 3.8) is 0 Å². The Balaban J connectivity index is 1.84. The minimum atomic E-state index is -0.382. The summed E-state index contributed by atoms with van der Waals surface area (Å²) in [4.78, 5) is 14.5. The summed E-state index contributed by atoms with van der Waals surface area (Å²) < 4.78 is 5.57. The van der Waals surface area contributed by atoms with Gasteiger partial charge in [0, 0.05) is 0 Å². The van der Waals surface area contributed by atoms with E-state index in [1.54, 1.807) is 11.0 Å². The predicted molar refractivity (Wildman–Crippen MR) is 106 cm³/mol. The van der Waals surface area contributed by atoms with Gasteiger partial charge in [-0.25, -0.2) is 4.79 Å². The molecule has 0 aromatic heterocycles. The minimum Gasteiger partial charge on any atom is -0.444 e. The number of carbonyl (C=O) groups excluding carboxylic acids is 1. The summed E-state index contributed by atoms with van der Waals surface area (Å²) in [5.74, 6) is 0. The van der Waals surface area contributed by atoms with E-state index in [-0.39, 0.29) is 12.7 Å². The molecular weight excluding hydrogens is 322 g/mol. The van der Waals surface area contributed by atoms with Crippen LogP contribution >= 0.6 is 0 Å². The molecule has 0 bridgehead atoms. The number of hydrogen-bond donors (Lipinski definition) is 0. The normalized spacial score (nSPS) is 10.2. The molecule has 26 heavy (non-hydrogen) atoms. The molecule has 0 aliphatic carbocycles. The van der Waals surface area contributed by atoms with Crippen molar-refractivity contribution in [2.24, 2.45) is 0 Å². The molecule has 3 heteroatoms. The number of hydrogen-bond acceptors (Lipinski definition) is 2. The van der Waals surface area contributed by atoms with E-state index >= 15 is 0 Å². The maximum Gasteiger partial charge on any atom is 0.414 e. The maximum atomic E-state index is 12.9. The molecule has 3 aromatic carbocycles. The summed E-state index contributed by atoms with van der Waals surface area (Å²) in [6, 6.07) is 27.2. The van der Waals surface area contributed by atoms with E-state index in [0.29, 0.717) is 6.54 Å². The molecule has 0 spiro atoms. The van der Waals surface area contributed by atoms with E-state index in [4.69, 9.17) is 4.74 Å². The zero-order valence-electron chi connectivity index (χ0n) is 14.5. The lowest BCUT2D eigenvalue weighted by atomic mass is 10.1. The van der Waals surface area contributed by atoms with Gasteiger partial charge in [0.05, 0.1) is 12.2 Å². The molecule has 0 heterocycles. The largest absolute Gasteiger partial charge is 0.444 e. The van der Waals surface area contributed by atoms with Gasteiger partial charge in [0.25, 0.3) is 0 Å². The van der Waals surface area contributed by atoms with Crippen molar-refractivity contribution in [1.82, 2.24) is 0 Å². The second-order valence-electron chi connectivity index (χ2n) is 5.87. The summed E-state index contributed by atoms with van der Waals surface area (Å²) in [5.41, 5.74) is 3.66. The van der Waals surface area contributed by atoms with Crippen molar-refractivity contribution in [1.29, 1.82) is 0 Å². The highest BCUT2D eigenvalue weighted by molar-refractivity contribution is 5.90. The number of anilines is 1. The fourth-order valence-electron chi connectivity index (χ4n) is 2.72. The first-order valence-electron chi connectivity index (χ1n) is 8.51. The third-order valence-electron chi connectivity index (χ3n) is 4.06. The molecule has 3 rings (SSSR count). The molecule has 3 nitrogen and oxygen atoms in total. The molecule has 0 saturated heterocycles. The molecule has 0 atom stereocenters. The van der Waals surface area contributed by atoms with Gasteiger partial charge in [-0.15, -0.1) is 0 Å². The van der Waals surface area contributed by atoms with E-state index in [2.05, 4.69) is 6.58 Å². The second-order valence-corrected chi connectivity index (χ2v) is 5.87. The van der Waals surface area contributed by atoms with Crippen molar-refractivity contribution in [2.75, 3.05) is 4.90 Å². The third-order valence-corrected chi connectivity index (χ3v) is 4.06. The van der Waals surface area contributed by atoms with Gasteiger partial charge in [0.1, 0.15) is 6.61 Å². The standard InChI is InChI=1S/C23H21NO2/c1-2-21-15-9-10-16-22(21)24(17-19-11-5-3-6-12-19)23(25)26-18-20-13-7-4-8-14-20/h2-16H,1,17-18H2. The van der Waals surface area contributed by atoms with Gasteiger partial charge in [0.2, 0.25) is 0 Å². The monoisotopic (exact) mass is 343 g/mol. The van der Waals surface area contributed by atoms with Crippen LogP contribution in [0.5, 0.6) is 0 Å². The Kier molecular flexibility index (Phi) is 5.84. The second kappa shape index (κ2) is 8.67. The van der Waals surface area contributed by atoms with Crippen molar-refractivity contribution in [3.8, 4) is 0 Å². The zero-order chi connectivity index (χ0) is 18.2. The Morgan fingerprint density at radius 2 is 1.42 bits per heavy atom. The van der Waals surface area contributed by atoms with E-state index in [1.807, 2.05) is 84.9 Å². The SMILES string of the molecule is C=Cc1ccccc1N(Cc1ccccc1)C(=O)OCc1ccccc1. The molecule has 130 valence electrons. The van der Waals surface area contributed by atoms with Crippen LogP contribution in [0.25, 0.3) is 6.08 Å². The molecule has 3 aromatic rings. The van der Waals surface area contributed by atoms with Gasteiger partial charge in [-0.3, -0.25) is 4.90 Å². The Bertz CT molecular complexity index is 860. The lowest BCUT2D eigenvalue weighted by Gasteiger charge is -2.24. The fraction of sp³-hybridized carbons (Fsp3) is 0.0870. The molecule has 0 N–H and O–H groups in total. The van der Waals surface area contributed by atoms with Crippen LogP contribution in [0.15, 0.2) is 91.5 Å². The molecule has 0 aliphatic rings. The van der Waals surface area contributed by atoms with Gasteiger partial charge < -0.3 is 4.74 Å². The molecule has 0 radical (unpaired) electrons. The first-order chi connectivity index (χ1) is 12.8. The average Bonchev–Trinajstić information content (AvgIpc) is 2.72. The summed E-state index contributed by atoms with van der Waals surface area (Å²) in [5, 5.41) is 0. The van der Waals surface area contributed by atoms with Gasteiger partial charge in [-0.2, -0.15) is 0 Å². The first kappa shape index (κ1) is 17.5. The molecular formula is C23H21NO2. The quantitative estimate of drug-likeness (QED) is 0.577. The summed E-state index contributed by atoms with van der Waals surface area (Å²) >= 11 is 0. The van der Waals surface area contributed by atoms with Crippen LogP contribution in [0.4, 0.5) is 10.5 Å². The number of ether oxygens (including phenoxy) is 1. The van der Waals surface area contributed by atoms with Crippen molar-refractivity contribution < 1.29 is 9.53 Å². The zero-order valence-corrected chi connectivity index (χ0v) is 14.5. The topological polar surface area (TPSA) is 29.5 Å². The molecule has 0 aliphatic heterocycles. The lowest BCUT2D eigenvalue weighted by molar-refractivity contribution is 0.146. The van der Waals surface area contributed by atoms with Gasteiger partial charge in [-0.1, -0.05) is 91.5 Å². The molecule has 0 fully saturated rings. The van der Waals surface area contributed by atoms with E-state index in [0.717, 1.165) is 22.4 Å². The Morgan fingerprint density at radius 3 is 2.08 bits per heavy atom. The van der Waals surface area contributed by atoms with E-state index in [1.165, 1.54) is 0 Å². The number of rotatable bonds is 6. The highest BCUT2D eigenvalue weighted by Crippen LogP contribution is 2.24. The average molecular weight is 343 g/mol. The first-order valence-corrected chi connectivity index (χ1v) is 8.51. The number of para-hydroxylation sites is 1. The van der Waals surface area contributed by atoms with Crippen molar-refractivity contribution in [2.45, 2.75) is 13.2 Å². The number of nitrogens with zero attached hydrogens (tertiary/aromatic N) is 1. The van der Waals surface area contributed by atoms with Crippen LogP contribution in [-0.4, -0.2) is 6.09 Å². The summed E-state index contributed by atoms with van der Waals surface area (Å²) in [6.45, 7) is 4.52.